The summed E-state index contributed by atoms with van der Waals surface area (Å²) >= 11 is 0. The van der Waals surface area contributed by atoms with E-state index in [1.807, 2.05) is 20.8 Å². The zero-order valence-electron chi connectivity index (χ0n) is 12.7. The van der Waals surface area contributed by atoms with Gasteiger partial charge in [-0.25, -0.2) is 13.1 Å². The summed E-state index contributed by atoms with van der Waals surface area (Å²) in [7, 11) is -3.73. The quantitative estimate of drug-likeness (QED) is 0.760. The Morgan fingerprint density at radius 3 is 2.05 bits per heavy atom. The summed E-state index contributed by atoms with van der Waals surface area (Å²) < 4.78 is 27.4. The number of sulfonamides is 1. The zero-order chi connectivity index (χ0) is 16.3. The number of aliphatic hydroxyl groups is 1. The fourth-order valence-electron chi connectivity index (χ4n) is 2.05. The van der Waals surface area contributed by atoms with Crippen molar-refractivity contribution in [3.8, 4) is 0 Å². The molecule has 0 aliphatic rings. The Balaban J connectivity index is 3.17. The normalized spacial score (nSPS) is 14.0. The van der Waals surface area contributed by atoms with Crippen LogP contribution in [0.5, 0.6) is 0 Å². The van der Waals surface area contributed by atoms with Crippen molar-refractivity contribution in [2.75, 3.05) is 0 Å². The van der Waals surface area contributed by atoms with Crippen LogP contribution in [0.2, 0.25) is 0 Å². The third-order valence-corrected chi connectivity index (χ3v) is 4.89. The molecular weight excluding hydrogens is 286 g/mol. The summed E-state index contributed by atoms with van der Waals surface area (Å²) in [6.45, 7) is 12.7. The van der Waals surface area contributed by atoms with E-state index in [1.165, 1.54) is 24.3 Å². The highest BCUT2D eigenvalue weighted by Crippen LogP contribution is 2.23. The molecule has 0 radical (unpaired) electrons. The Hall–Kier alpha value is -1.43. The molecule has 0 aliphatic carbocycles. The topological polar surface area (TPSA) is 66.4 Å². The second kappa shape index (κ2) is 6.56. The second-order valence-electron chi connectivity index (χ2n) is 5.45. The smallest absolute Gasteiger partial charge is 0.240 e. The molecule has 21 heavy (non-hydrogen) atoms. The number of rotatable bonds is 7. The lowest BCUT2D eigenvalue weighted by Gasteiger charge is -2.34. The van der Waals surface area contributed by atoms with Gasteiger partial charge in [-0.1, -0.05) is 56.9 Å². The highest BCUT2D eigenvalue weighted by Gasteiger charge is 2.36. The number of aryl methyl sites for hydroxylation is 1. The number of benzene rings is 1. The van der Waals surface area contributed by atoms with E-state index in [1.54, 1.807) is 12.1 Å². The van der Waals surface area contributed by atoms with Crippen LogP contribution in [0.25, 0.3) is 0 Å². The standard InChI is InChI=1S/C16H23NO3S/c1-6-16(18,7-2)15(12(3)4)17-21(19,20)14-10-8-13(5)9-11-14/h6-12,15,17-18H,1-2H2,3-5H3/t15-/m0/s1. The Kier molecular flexibility index (Phi) is 5.50. The molecule has 116 valence electrons. The minimum absolute atomic E-state index is 0.147. The van der Waals surface area contributed by atoms with E-state index >= 15 is 0 Å². The molecule has 1 aromatic rings. The highest BCUT2D eigenvalue weighted by atomic mass is 32.2. The van der Waals surface area contributed by atoms with Gasteiger partial charge >= 0.3 is 0 Å². The predicted molar refractivity (Wildman–Crippen MR) is 85.5 cm³/mol. The summed E-state index contributed by atoms with van der Waals surface area (Å²) in [6.07, 6.45) is 2.59. The number of hydrogen-bond donors (Lipinski definition) is 2. The summed E-state index contributed by atoms with van der Waals surface area (Å²) in [4.78, 5) is 0.161. The van der Waals surface area contributed by atoms with E-state index in [-0.39, 0.29) is 10.8 Å². The zero-order valence-corrected chi connectivity index (χ0v) is 13.5. The Labute approximate surface area is 127 Å². The van der Waals surface area contributed by atoms with E-state index in [0.29, 0.717) is 0 Å². The van der Waals surface area contributed by atoms with Gasteiger partial charge in [0, 0.05) is 0 Å². The summed E-state index contributed by atoms with van der Waals surface area (Å²) in [6, 6.07) is 5.78. The van der Waals surface area contributed by atoms with Crippen LogP contribution in [0, 0.1) is 12.8 Å². The van der Waals surface area contributed by atoms with Crippen LogP contribution in [0.1, 0.15) is 19.4 Å². The first-order valence-electron chi connectivity index (χ1n) is 6.75. The molecule has 0 fully saturated rings. The first-order chi connectivity index (χ1) is 9.66. The molecule has 0 bridgehead atoms. The van der Waals surface area contributed by atoms with Gasteiger partial charge in [0.2, 0.25) is 10.0 Å². The largest absolute Gasteiger partial charge is 0.380 e. The van der Waals surface area contributed by atoms with Crippen LogP contribution in [-0.4, -0.2) is 25.2 Å². The van der Waals surface area contributed by atoms with E-state index in [9.17, 15) is 13.5 Å². The third kappa shape index (κ3) is 4.03. The van der Waals surface area contributed by atoms with Crippen LogP contribution < -0.4 is 4.72 Å². The van der Waals surface area contributed by atoms with E-state index < -0.39 is 21.7 Å². The average Bonchev–Trinajstić information content (AvgIpc) is 2.44. The van der Waals surface area contributed by atoms with Crippen molar-refractivity contribution >= 4 is 10.0 Å². The van der Waals surface area contributed by atoms with E-state index in [2.05, 4.69) is 17.9 Å². The highest BCUT2D eigenvalue weighted by molar-refractivity contribution is 7.89. The number of nitrogens with one attached hydrogen (secondary N) is 1. The lowest BCUT2D eigenvalue weighted by molar-refractivity contribution is 0.0859. The van der Waals surface area contributed by atoms with Gasteiger partial charge in [0.25, 0.3) is 0 Å². The first-order valence-corrected chi connectivity index (χ1v) is 8.23. The molecule has 2 N–H and O–H groups in total. The van der Waals surface area contributed by atoms with Crippen molar-refractivity contribution in [3.63, 3.8) is 0 Å². The van der Waals surface area contributed by atoms with Gasteiger partial charge in [0.05, 0.1) is 10.9 Å². The predicted octanol–water partition coefficient (Wildman–Crippen LogP) is 2.40. The van der Waals surface area contributed by atoms with Crippen molar-refractivity contribution in [2.24, 2.45) is 5.92 Å². The second-order valence-corrected chi connectivity index (χ2v) is 7.17. The fraction of sp³-hybridized carbons (Fsp3) is 0.375. The molecule has 1 rings (SSSR count). The Morgan fingerprint density at radius 1 is 1.19 bits per heavy atom. The lowest BCUT2D eigenvalue weighted by Crippen LogP contribution is -2.53. The van der Waals surface area contributed by atoms with Gasteiger partial charge in [-0.2, -0.15) is 0 Å². The minimum atomic E-state index is -3.73. The molecule has 0 unspecified atom stereocenters. The van der Waals surface area contributed by atoms with Gasteiger partial charge < -0.3 is 5.11 Å². The molecule has 0 saturated heterocycles. The molecule has 0 aliphatic heterocycles. The van der Waals surface area contributed by atoms with Crippen LogP contribution >= 0.6 is 0 Å². The molecule has 0 spiro atoms. The maximum atomic E-state index is 12.4. The van der Waals surface area contributed by atoms with Gasteiger partial charge in [0.15, 0.2) is 0 Å². The molecule has 5 heteroatoms. The van der Waals surface area contributed by atoms with Crippen molar-refractivity contribution in [3.05, 3.63) is 55.1 Å². The fourth-order valence-corrected chi connectivity index (χ4v) is 3.48. The third-order valence-electron chi connectivity index (χ3n) is 3.43. The maximum Gasteiger partial charge on any atom is 0.240 e. The van der Waals surface area contributed by atoms with Gasteiger partial charge in [-0.3, -0.25) is 0 Å². The van der Waals surface area contributed by atoms with E-state index in [4.69, 9.17) is 0 Å². The van der Waals surface area contributed by atoms with Crippen molar-refractivity contribution in [1.82, 2.24) is 4.72 Å². The molecule has 0 aromatic heterocycles. The molecule has 0 saturated carbocycles. The van der Waals surface area contributed by atoms with Crippen LogP contribution in [0.3, 0.4) is 0 Å². The number of hydrogen-bond acceptors (Lipinski definition) is 3. The van der Waals surface area contributed by atoms with Gasteiger partial charge in [-0.15, -0.1) is 0 Å². The van der Waals surface area contributed by atoms with E-state index in [0.717, 1.165) is 5.56 Å². The van der Waals surface area contributed by atoms with Crippen LogP contribution in [0.4, 0.5) is 0 Å². The van der Waals surface area contributed by atoms with Crippen LogP contribution in [-0.2, 0) is 10.0 Å². The Bertz CT molecular complexity index is 595. The minimum Gasteiger partial charge on any atom is -0.380 e. The van der Waals surface area contributed by atoms with Crippen LogP contribution in [0.15, 0.2) is 54.5 Å². The lowest BCUT2D eigenvalue weighted by atomic mass is 9.87. The summed E-state index contributed by atoms with van der Waals surface area (Å²) in [5.41, 5.74) is -0.533. The maximum absolute atomic E-state index is 12.4. The monoisotopic (exact) mass is 309 g/mol. The van der Waals surface area contributed by atoms with Gasteiger partial charge in [0.1, 0.15) is 5.60 Å². The molecule has 1 aromatic carbocycles. The molecular formula is C16H23NO3S. The summed E-state index contributed by atoms with van der Waals surface area (Å²) in [5.74, 6) is -0.147. The SMILES string of the molecule is C=CC(O)(C=C)[C@@H](NS(=O)(=O)c1ccc(C)cc1)C(C)C. The van der Waals surface area contributed by atoms with Gasteiger partial charge in [-0.05, 0) is 25.0 Å². The molecule has 0 amide bonds. The van der Waals surface area contributed by atoms with Crippen molar-refractivity contribution in [1.29, 1.82) is 0 Å². The summed E-state index contributed by atoms with van der Waals surface area (Å²) in [5, 5.41) is 10.5. The molecule has 4 nitrogen and oxygen atoms in total. The Morgan fingerprint density at radius 2 is 1.67 bits per heavy atom. The van der Waals surface area contributed by atoms with Crippen molar-refractivity contribution in [2.45, 2.75) is 37.3 Å². The first kappa shape index (κ1) is 17.6. The molecule has 0 heterocycles. The average molecular weight is 309 g/mol. The molecule has 1 atom stereocenters. The van der Waals surface area contributed by atoms with Crippen molar-refractivity contribution < 1.29 is 13.5 Å².